The molecule has 0 aromatic heterocycles. The van der Waals surface area contributed by atoms with Crippen LogP contribution in [-0.2, 0) is 14.3 Å². The fraction of sp³-hybridized carbons (Fsp3) is 0.259. The predicted octanol–water partition coefficient (Wildman–Crippen LogP) is 4.87. The summed E-state index contributed by atoms with van der Waals surface area (Å²) < 4.78 is 20.5. The molecule has 0 aliphatic carbocycles. The zero-order valence-electron chi connectivity index (χ0n) is 20.2. The molecule has 0 spiro atoms. The number of phenolic OH excluding ortho intramolecular Hbond substituents is 1. The molecule has 0 amide bonds. The van der Waals surface area contributed by atoms with Crippen LogP contribution < -0.4 is 14.2 Å². The summed E-state index contributed by atoms with van der Waals surface area (Å²) in [6.45, 7) is 1.91. The van der Waals surface area contributed by atoms with Crippen molar-refractivity contribution in [3.63, 3.8) is 0 Å². The zero-order valence-corrected chi connectivity index (χ0v) is 20.2. The molecule has 2 N–H and O–H groups in total. The van der Waals surface area contributed by atoms with Gasteiger partial charge >= 0.3 is 5.97 Å². The summed E-state index contributed by atoms with van der Waals surface area (Å²) in [6.07, 6.45) is 5.74. The second-order valence-electron chi connectivity index (χ2n) is 7.25. The molecule has 2 aromatic rings. The number of aliphatic hydroxyl groups is 1. The molecule has 0 aliphatic heterocycles. The van der Waals surface area contributed by atoms with E-state index in [2.05, 4.69) is 0 Å². The van der Waals surface area contributed by atoms with Gasteiger partial charge in [0.05, 0.1) is 27.9 Å². The standard InChI is InChI=1S/C27H30O8/c1-5-35-27(31)15-10-20(21(28)11-6-18-8-13-23(30)25(16-18)33-3)22(29)12-7-19-9-14-24(32-2)26(17-19)34-4/h6-9,11-14,16-17,29-30H,5,10,15H2,1-4H3/b11-6+,12-7+,22-20-. The number of esters is 1. The summed E-state index contributed by atoms with van der Waals surface area (Å²) >= 11 is 0. The van der Waals surface area contributed by atoms with E-state index < -0.39 is 11.8 Å². The number of carbonyl (C=O) groups excluding carboxylic acids is 2. The first kappa shape index (κ1) is 27.0. The summed E-state index contributed by atoms with van der Waals surface area (Å²) in [7, 11) is 4.47. The molecule has 8 heteroatoms. The third kappa shape index (κ3) is 7.96. The number of ketones is 1. The Morgan fingerprint density at radius 3 is 2.06 bits per heavy atom. The summed E-state index contributed by atoms with van der Waals surface area (Å²) in [5.41, 5.74) is 1.37. The first-order chi connectivity index (χ1) is 16.8. The maximum absolute atomic E-state index is 12.9. The fourth-order valence-corrected chi connectivity index (χ4v) is 3.14. The van der Waals surface area contributed by atoms with Gasteiger partial charge in [0.2, 0.25) is 0 Å². The largest absolute Gasteiger partial charge is 0.508 e. The summed E-state index contributed by atoms with van der Waals surface area (Å²) in [5.74, 6) is 0.0940. The second-order valence-corrected chi connectivity index (χ2v) is 7.25. The molecule has 186 valence electrons. The zero-order chi connectivity index (χ0) is 25.8. The Hall–Kier alpha value is -4.20. The van der Waals surface area contributed by atoms with Crippen LogP contribution in [0.25, 0.3) is 12.2 Å². The highest BCUT2D eigenvalue weighted by Crippen LogP contribution is 2.29. The normalized spacial score (nSPS) is 11.9. The van der Waals surface area contributed by atoms with E-state index in [1.807, 2.05) is 0 Å². The predicted molar refractivity (Wildman–Crippen MR) is 133 cm³/mol. The van der Waals surface area contributed by atoms with Crippen LogP contribution in [0.5, 0.6) is 23.0 Å². The van der Waals surface area contributed by atoms with Gasteiger partial charge in [-0.05, 0) is 60.9 Å². The number of aromatic hydroxyl groups is 1. The van der Waals surface area contributed by atoms with Gasteiger partial charge in [-0.3, -0.25) is 9.59 Å². The lowest BCUT2D eigenvalue weighted by Gasteiger charge is -2.08. The van der Waals surface area contributed by atoms with Gasteiger partial charge in [0.15, 0.2) is 28.8 Å². The molecule has 0 unspecified atom stereocenters. The van der Waals surface area contributed by atoms with Crippen molar-refractivity contribution in [1.29, 1.82) is 0 Å². The van der Waals surface area contributed by atoms with E-state index in [1.54, 1.807) is 43.3 Å². The minimum atomic E-state index is -0.476. The molecule has 0 saturated carbocycles. The van der Waals surface area contributed by atoms with Gasteiger partial charge in [-0.15, -0.1) is 0 Å². The average Bonchev–Trinajstić information content (AvgIpc) is 2.86. The first-order valence-corrected chi connectivity index (χ1v) is 10.9. The van der Waals surface area contributed by atoms with E-state index in [9.17, 15) is 19.8 Å². The molecule has 0 atom stereocenters. The lowest BCUT2D eigenvalue weighted by atomic mass is 10.0. The van der Waals surface area contributed by atoms with Crippen LogP contribution in [0.1, 0.15) is 30.9 Å². The Bertz CT molecular complexity index is 1130. The minimum Gasteiger partial charge on any atom is -0.508 e. The maximum atomic E-state index is 12.9. The maximum Gasteiger partial charge on any atom is 0.306 e. The number of carbonyl (C=O) groups is 2. The lowest BCUT2D eigenvalue weighted by molar-refractivity contribution is -0.143. The van der Waals surface area contributed by atoms with Crippen molar-refractivity contribution in [1.82, 2.24) is 0 Å². The number of phenols is 1. The number of hydrogen-bond acceptors (Lipinski definition) is 8. The molecule has 0 saturated heterocycles. The van der Waals surface area contributed by atoms with Crippen molar-refractivity contribution >= 4 is 23.9 Å². The highest BCUT2D eigenvalue weighted by atomic mass is 16.5. The van der Waals surface area contributed by atoms with Gasteiger partial charge in [-0.2, -0.15) is 0 Å². The van der Waals surface area contributed by atoms with Crippen molar-refractivity contribution in [3.8, 4) is 23.0 Å². The molecule has 35 heavy (non-hydrogen) atoms. The molecular formula is C27H30O8. The third-order valence-electron chi connectivity index (χ3n) is 4.96. The Balaban J connectivity index is 2.33. The molecule has 0 bridgehead atoms. The summed E-state index contributed by atoms with van der Waals surface area (Å²) in [5, 5.41) is 20.4. The first-order valence-electron chi connectivity index (χ1n) is 10.9. The topological polar surface area (TPSA) is 112 Å². The molecule has 8 nitrogen and oxygen atoms in total. The van der Waals surface area contributed by atoms with Crippen molar-refractivity contribution in [2.45, 2.75) is 19.8 Å². The van der Waals surface area contributed by atoms with Gasteiger partial charge in [-0.1, -0.05) is 24.3 Å². The Morgan fingerprint density at radius 1 is 0.829 bits per heavy atom. The Morgan fingerprint density at radius 2 is 1.43 bits per heavy atom. The summed E-state index contributed by atoms with van der Waals surface area (Å²) in [6, 6.07) is 9.84. The highest BCUT2D eigenvalue weighted by Gasteiger charge is 2.15. The van der Waals surface area contributed by atoms with Crippen LogP contribution in [0.4, 0.5) is 0 Å². The number of methoxy groups -OCH3 is 3. The van der Waals surface area contributed by atoms with Gasteiger partial charge in [-0.25, -0.2) is 0 Å². The Labute approximate surface area is 204 Å². The highest BCUT2D eigenvalue weighted by molar-refractivity contribution is 6.07. The van der Waals surface area contributed by atoms with Crippen LogP contribution in [0, 0.1) is 0 Å². The number of ether oxygens (including phenoxy) is 4. The number of rotatable bonds is 12. The number of aliphatic hydroxyl groups excluding tert-OH is 1. The molecule has 0 aliphatic rings. The van der Waals surface area contributed by atoms with Crippen molar-refractivity contribution in [2.75, 3.05) is 27.9 Å². The molecule has 0 radical (unpaired) electrons. The van der Waals surface area contributed by atoms with E-state index in [1.165, 1.54) is 45.6 Å². The van der Waals surface area contributed by atoms with Gasteiger partial charge < -0.3 is 29.2 Å². The van der Waals surface area contributed by atoms with Gasteiger partial charge in [0.25, 0.3) is 0 Å². The van der Waals surface area contributed by atoms with E-state index in [0.717, 1.165) is 0 Å². The lowest BCUT2D eigenvalue weighted by Crippen LogP contribution is -2.08. The molecule has 2 rings (SSSR count). The number of hydrogen-bond donors (Lipinski definition) is 2. The van der Waals surface area contributed by atoms with Crippen LogP contribution in [0.2, 0.25) is 0 Å². The second kappa shape index (κ2) is 13.5. The summed E-state index contributed by atoms with van der Waals surface area (Å²) in [4.78, 5) is 24.8. The van der Waals surface area contributed by atoms with Crippen LogP contribution in [0.15, 0.2) is 59.9 Å². The van der Waals surface area contributed by atoms with Gasteiger partial charge in [0, 0.05) is 12.0 Å². The average molecular weight is 483 g/mol. The number of benzene rings is 2. The quantitative estimate of drug-likeness (QED) is 0.191. The fourth-order valence-electron chi connectivity index (χ4n) is 3.14. The van der Waals surface area contributed by atoms with Crippen LogP contribution >= 0.6 is 0 Å². The molecule has 2 aromatic carbocycles. The molecule has 0 fully saturated rings. The van der Waals surface area contributed by atoms with Crippen molar-refractivity contribution in [3.05, 3.63) is 71.0 Å². The SMILES string of the molecule is CCOC(=O)CC/C(C(=O)/C=C/c1ccc(O)c(OC)c1)=C(O)\C=C\c1ccc(OC)c(OC)c1. The smallest absolute Gasteiger partial charge is 0.306 e. The number of allylic oxidation sites excluding steroid dienone is 3. The van der Waals surface area contributed by atoms with Crippen LogP contribution in [0.3, 0.4) is 0 Å². The van der Waals surface area contributed by atoms with E-state index in [0.29, 0.717) is 22.6 Å². The van der Waals surface area contributed by atoms with E-state index in [-0.39, 0.29) is 42.3 Å². The molecular weight excluding hydrogens is 452 g/mol. The third-order valence-corrected chi connectivity index (χ3v) is 4.96. The van der Waals surface area contributed by atoms with E-state index in [4.69, 9.17) is 18.9 Å². The van der Waals surface area contributed by atoms with E-state index >= 15 is 0 Å². The molecule has 0 heterocycles. The van der Waals surface area contributed by atoms with Crippen molar-refractivity contribution in [2.24, 2.45) is 0 Å². The minimum absolute atomic E-state index is 0.0109. The monoisotopic (exact) mass is 482 g/mol. The van der Waals surface area contributed by atoms with Crippen molar-refractivity contribution < 1.29 is 38.7 Å². The Kier molecular flexibility index (Phi) is 10.4. The van der Waals surface area contributed by atoms with Crippen LogP contribution in [-0.4, -0.2) is 49.9 Å². The van der Waals surface area contributed by atoms with Gasteiger partial charge in [0.1, 0.15) is 5.76 Å².